The van der Waals surface area contributed by atoms with E-state index < -0.39 is 24.4 Å². The molecular formula is C22H24N4O5. The van der Waals surface area contributed by atoms with Gasteiger partial charge < -0.3 is 25.4 Å². The van der Waals surface area contributed by atoms with Crippen molar-refractivity contribution >= 4 is 17.3 Å². The van der Waals surface area contributed by atoms with Gasteiger partial charge in [0.2, 0.25) is 0 Å². The number of fused-ring (bicyclic) bond motifs is 2. The number of nitrogen functional groups attached to an aromatic ring is 1. The van der Waals surface area contributed by atoms with E-state index in [1.807, 2.05) is 12.1 Å². The molecule has 9 nitrogen and oxygen atoms in total. The third-order valence-corrected chi connectivity index (χ3v) is 6.16. The predicted octanol–water partition coefficient (Wildman–Crippen LogP) is 0.821. The lowest BCUT2D eigenvalue weighted by Crippen LogP contribution is -2.34. The highest BCUT2D eigenvalue weighted by Crippen LogP contribution is 2.35. The van der Waals surface area contributed by atoms with Crippen LogP contribution in [0.2, 0.25) is 0 Å². The number of rotatable bonds is 5. The van der Waals surface area contributed by atoms with Gasteiger partial charge in [-0.25, -0.2) is 9.50 Å². The summed E-state index contributed by atoms with van der Waals surface area (Å²) in [6.07, 6.45) is -0.718. The molecule has 0 amide bonds. The lowest BCUT2D eigenvalue weighted by Gasteiger charge is -2.16. The fraction of sp³-hybridized carbons (Fsp3) is 0.409. The van der Waals surface area contributed by atoms with E-state index in [2.05, 4.69) is 22.2 Å². The highest BCUT2D eigenvalue weighted by atomic mass is 16.6. The third-order valence-electron chi connectivity index (χ3n) is 6.16. The van der Waals surface area contributed by atoms with Gasteiger partial charge in [-0.2, -0.15) is 5.10 Å². The fourth-order valence-electron chi connectivity index (χ4n) is 4.58. The molecule has 1 aliphatic heterocycles. The molecule has 0 unspecified atom stereocenters. The van der Waals surface area contributed by atoms with Crippen LogP contribution in [0.1, 0.15) is 29.3 Å². The zero-order valence-corrected chi connectivity index (χ0v) is 16.8. The summed E-state index contributed by atoms with van der Waals surface area (Å²) in [7, 11) is 0. The van der Waals surface area contributed by atoms with E-state index >= 15 is 0 Å². The molecule has 9 heteroatoms. The molecule has 5 rings (SSSR count). The minimum absolute atomic E-state index is 0.131. The second kappa shape index (κ2) is 7.92. The van der Waals surface area contributed by atoms with Crippen molar-refractivity contribution in [3.8, 4) is 0 Å². The van der Waals surface area contributed by atoms with Gasteiger partial charge in [0.05, 0.1) is 5.69 Å². The van der Waals surface area contributed by atoms with Crippen LogP contribution in [-0.2, 0) is 27.1 Å². The molecule has 1 aromatic carbocycles. The summed E-state index contributed by atoms with van der Waals surface area (Å²) in [6.45, 7) is -0.131. The Bertz CT molecular complexity index is 1090. The van der Waals surface area contributed by atoms with E-state index in [0.717, 1.165) is 12.8 Å². The van der Waals surface area contributed by atoms with Crippen molar-refractivity contribution in [2.75, 3.05) is 12.3 Å². The molecule has 2 aliphatic rings. The Balaban J connectivity index is 1.20. The van der Waals surface area contributed by atoms with Crippen molar-refractivity contribution in [2.24, 2.45) is 5.92 Å². The van der Waals surface area contributed by atoms with Crippen LogP contribution in [0.4, 0.5) is 5.82 Å². The van der Waals surface area contributed by atoms with Crippen LogP contribution in [0.3, 0.4) is 0 Å². The number of aliphatic hydroxyl groups excluding tert-OH is 2. The van der Waals surface area contributed by atoms with E-state index in [1.54, 1.807) is 12.1 Å². The Labute approximate surface area is 178 Å². The molecule has 2 aromatic heterocycles. The molecule has 4 N–H and O–H groups in total. The van der Waals surface area contributed by atoms with Crippen LogP contribution in [0, 0.1) is 5.92 Å². The zero-order valence-electron chi connectivity index (χ0n) is 16.8. The number of hydrogen-bond donors (Lipinski definition) is 3. The number of esters is 1. The van der Waals surface area contributed by atoms with E-state index in [9.17, 15) is 15.0 Å². The monoisotopic (exact) mass is 424 g/mol. The normalized spacial score (nSPS) is 25.7. The number of benzene rings is 1. The SMILES string of the molecule is Nc1ncnn2c([C@@H]3O[C@H](COC(=O)CC4Cc5ccccc5C4)[C@@H](O)[C@H]3O)ccc12. The molecule has 0 bridgehead atoms. The van der Waals surface area contributed by atoms with Gasteiger partial charge in [-0.3, -0.25) is 4.79 Å². The van der Waals surface area contributed by atoms with E-state index in [1.165, 1.54) is 22.0 Å². The number of carbonyl (C=O) groups excluding carboxylic acids is 1. The van der Waals surface area contributed by atoms with Crippen LogP contribution in [-0.4, -0.2) is 55.7 Å². The smallest absolute Gasteiger partial charge is 0.306 e. The van der Waals surface area contributed by atoms with Crippen molar-refractivity contribution in [3.05, 3.63) is 59.5 Å². The highest BCUT2D eigenvalue weighted by molar-refractivity contribution is 5.70. The van der Waals surface area contributed by atoms with Gasteiger partial charge in [-0.15, -0.1) is 0 Å². The minimum Gasteiger partial charge on any atom is -0.463 e. The Morgan fingerprint density at radius 1 is 1.16 bits per heavy atom. The largest absolute Gasteiger partial charge is 0.463 e. The van der Waals surface area contributed by atoms with Gasteiger partial charge in [0.15, 0.2) is 5.82 Å². The first-order chi connectivity index (χ1) is 15.0. The van der Waals surface area contributed by atoms with E-state index in [-0.39, 0.29) is 18.5 Å². The third kappa shape index (κ3) is 3.65. The highest BCUT2D eigenvalue weighted by Gasteiger charge is 2.45. The first-order valence-electron chi connectivity index (χ1n) is 10.3. The lowest BCUT2D eigenvalue weighted by molar-refractivity contribution is -0.150. The summed E-state index contributed by atoms with van der Waals surface area (Å²) in [6, 6.07) is 11.6. The molecule has 3 aromatic rings. The number of carbonyl (C=O) groups is 1. The number of ether oxygens (including phenoxy) is 2. The molecular weight excluding hydrogens is 400 g/mol. The number of aromatic nitrogens is 3. The summed E-state index contributed by atoms with van der Waals surface area (Å²) >= 11 is 0. The summed E-state index contributed by atoms with van der Waals surface area (Å²) < 4.78 is 12.8. The maximum atomic E-state index is 12.4. The van der Waals surface area contributed by atoms with Crippen molar-refractivity contribution < 1.29 is 24.5 Å². The molecule has 1 fully saturated rings. The number of hydrogen-bond acceptors (Lipinski definition) is 8. The van der Waals surface area contributed by atoms with Crippen molar-refractivity contribution in [2.45, 2.75) is 43.7 Å². The van der Waals surface area contributed by atoms with Gasteiger partial charge >= 0.3 is 5.97 Å². The van der Waals surface area contributed by atoms with Crippen molar-refractivity contribution in [3.63, 3.8) is 0 Å². The van der Waals surface area contributed by atoms with Crippen LogP contribution in [0.25, 0.3) is 5.52 Å². The Kier molecular flexibility index (Phi) is 5.09. The average Bonchev–Trinajstić information content (AvgIpc) is 3.44. The van der Waals surface area contributed by atoms with Crippen molar-refractivity contribution in [1.29, 1.82) is 0 Å². The maximum Gasteiger partial charge on any atom is 0.306 e. The first kappa shape index (κ1) is 19.9. The van der Waals surface area contributed by atoms with Gasteiger partial charge in [-0.1, -0.05) is 24.3 Å². The van der Waals surface area contributed by atoms with E-state index in [4.69, 9.17) is 15.2 Å². The molecule has 0 radical (unpaired) electrons. The average molecular weight is 424 g/mol. The second-order valence-electron chi connectivity index (χ2n) is 8.21. The zero-order chi connectivity index (χ0) is 21.5. The standard InChI is InChI=1S/C22H24N4O5/c23-22-16-6-5-15(26(16)25-11-24-22)21-20(29)19(28)17(31-21)10-30-18(27)9-12-7-13-3-1-2-4-14(13)8-12/h1-6,11-12,17,19-21,28-29H,7-10H2,(H2,23,24,25)/t17-,19-,20-,21+/m1/s1. The van der Waals surface area contributed by atoms with Crippen molar-refractivity contribution in [1.82, 2.24) is 14.6 Å². The number of nitrogens with zero attached hydrogens (tertiary/aromatic N) is 3. The van der Waals surface area contributed by atoms with Crippen LogP contribution < -0.4 is 5.73 Å². The van der Waals surface area contributed by atoms with Gasteiger partial charge in [-0.05, 0) is 42.0 Å². The molecule has 1 saturated heterocycles. The predicted molar refractivity (Wildman–Crippen MR) is 110 cm³/mol. The minimum atomic E-state index is -1.20. The first-order valence-corrected chi connectivity index (χ1v) is 10.3. The summed E-state index contributed by atoms with van der Waals surface area (Å²) in [5, 5.41) is 25.1. The van der Waals surface area contributed by atoms with Crippen LogP contribution in [0.15, 0.2) is 42.7 Å². The topological polar surface area (TPSA) is 132 Å². The Hall–Kier alpha value is -3.01. The quantitative estimate of drug-likeness (QED) is 0.513. The Morgan fingerprint density at radius 2 is 1.90 bits per heavy atom. The molecule has 0 saturated carbocycles. The molecule has 0 spiro atoms. The molecule has 4 atom stereocenters. The maximum absolute atomic E-state index is 12.4. The summed E-state index contributed by atoms with van der Waals surface area (Å²) in [4.78, 5) is 16.3. The van der Waals surface area contributed by atoms with Crippen LogP contribution >= 0.6 is 0 Å². The number of anilines is 1. The van der Waals surface area contributed by atoms with Gasteiger partial charge in [0.25, 0.3) is 0 Å². The van der Waals surface area contributed by atoms with Crippen LogP contribution in [0.5, 0.6) is 0 Å². The summed E-state index contributed by atoms with van der Waals surface area (Å²) in [5.74, 6) is 0.184. The molecule has 1 aliphatic carbocycles. The lowest BCUT2D eigenvalue weighted by atomic mass is 10.0. The van der Waals surface area contributed by atoms with Gasteiger partial charge in [0.1, 0.15) is 42.9 Å². The number of aliphatic hydroxyl groups is 2. The second-order valence-corrected chi connectivity index (χ2v) is 8.21. The molecule has 3 heterocycles. The summed E-state index contributed by atoms with van der Waals surface area (Å²) in [5.41, 5.74) is 9.53. The molecule has 31 heavy (non-hydrogen) atoms. The number of nitrogens with two attached hydrogens (primary N) is 1. The fourth-order valence-corrected chi connectivity index (χ4v) is 4.58. The van der Waals surface area contributed by atoms with E-state index in [0.29, 0.717) is 23.4 Å². The molecule has 162 valence electrons. The van der Waals surface area contributed by atoms with Gasteiger partial charge in [0, 0.05) is 6.42 Å². The Morgan fingerprint density at radius 3 is 2.65 bits per heavy atom.